The van der Waals surface area contributed by atoms with Crippen LogP contribution in [0.5, 0.6) is 0 Å². The molecule has 0 spiro atoms. The highest BCUT2D eigenvalue weighted by Gasteiger charge is 2.16. The molecule has 2 aromatic rings. The number of thioether (sulfide) groups is 1. The first kappa shape index (κ1) is 16.0. The van der Waals surface area contributed by atoms with Crippen molar-refractivity contribution in [1.82, 2.24) is 14.8 Å². The molecule has 0 radical (unpaired) electrons. The molecule has 0 saturated heterocycles. The third kappa shape index (κ3) is 3.90. The SMILES string of the molecule is Cc1ccc(NC(=O)CSc2nnc3n2CCCCC3)cc1F. The number of aryl methyl sites for hydroxylation is 2. The molecule has 1 aromatic carbocycles. The van der Waals surface area contributed by atoms with Gasteiger partial charge >= 0.3 is 0 Å². The molecule has 1 aliphatic heterocycles. The van der Waals surface area contributed by atoms with E-state index in [9.17, 15) is 9.18 Å². The van der Waals surface area contributed by atoms with Crippen molar-refractivity contribution in [2.45, 2.75) is 44.3 Å². The Morgan fingerprint density at radius 3 is 3.04 bits per heavy atom. The number of amides is 1. The summed E-state index contributed by atoms with van der Waals surface area (Å²) in [4.78, 5) is 12.0. The molecule has 0 unspecified atom stereocenters. The van der Waals surface area contributed by atoms with Crippen molar-refractivity contribution in [3.8, 4) is 0 Å². The number of carbonyl (C=O) groups is 1. The van der Waals surface area contributed by atoms with Crippen molar-refractivity contribution >= 4 is 23.4 Å². The van der Waals surface area contributed by atoms with E-state index < -0.39 is 0 Å². The lowest BCUT2D eigenvalue weighted by Gasteiger charge is -2.08. The average Bonchev–Trinajstić information content (AvgIpc) is 2.76. The summed E-state index contributed by atoms with van der Waals surface area (Å²) in [6, 6.07) is 4.68. The van der Waals surface area contributed by atoms with Gasteiger partial charge in [0, 0.05) is 18.7 Å². The Bertz CT molecular complexity index is 716. The summed E-state index contributed by atoms with van der Waals surface area (Å²) in [7, 11) is 0. The lowest BCUT2D eigenvalue weighted by Crippen LogP contribution is -2.15. The summed E-state index contributed by atoms with van der Waals surface area (Å²) in [5, 5.41) is 11.9. The number of rotatable bonds is 4. The molecular formula is C16H19FN4OS. The van der Waals surface area contributed by atoms with Crippen LogP contribution in [0.25, 0.3) is 0 Å². The second kappa shape index (κ2) is 7.12. The standard InChI is InChI=1S/C16H19FN4OS/c1-11-6-7-12(9-13(11)17)18-15(22)10-23-16-20-19-14-5-3-2-4-8-21(14)16/h6-7,9H,2-5,8,10H2,1H3,(H,18,22). The monoisotopic (exact) mass is 334 g/mol. The number of aromatic nitrogens is 3. The average molecular weight is 334 g/mol. The van der Waals surface area contributed by atoms with Gasteiger partial charge in [0.05, 0.1) is 5.75 Å². The van der Waals surface area contributed by atoms with Gasteiger partial charge in [-0.05, 0) is 37.5 Å². The third-order valence-electron chi connectivity index (χ3n) is 3.86. The summed E-state index contributed by atoms with van der Waals surface area (Å²) in [6.45, 7) is 2.60. The van der Waals surface area contributed by atoms with Gasteiger partial charge in [-0.15, -0.1) is 10.2 Å². The first-order valence-corrected chi connectivity index (χ1v) is 8.73. The molecule has 2 heterocycles. The minimum absolute atomic E-state index is 0.177. The van der Waals surface area contributed by atoms with Crippen molar-refractivity contribution < 1.29 is 9.18 Å². The molecule has 122 valence electrons. The van der Waals surface area contributed by atoms with Gasteiger partial charge in [0.2, 0.25) is 5.91 Å². The number of halogens is 1. The Labute approximate surface area is 138 Å². The van der Waals surface area contributed by atoms with Gasteiger partial charge in [-0.1, -0.05) is 24.2 Å². The highest BCUT2D eigenvalue weighted by Crippen LogP contribution is 2.22. The Morgan fingerprint density at radius 1 is 1.35 bits per heavy atom. The number of nitrogens with zero attached hydrogens (tertiary/aromatic N) is 3. The van der Waals surface area contributed by atoms with Crippen LogP contribution in [-0.2, 0) is 17.8 Å². The van der Waals surface area contributed by atoms with Crippen LogP contribution in [0, 0.1) is 12.7 Å². The fourth-order valence-corrected chi connectivity index (χ4v) is 3.35. The van der Waals surface area contributed by atoms with Crippen LogP contribution in [-0.4, -0.2) is 26.4 Å². The van der Waals surface area contributed by atoms with Crippen LogP contribution >= 0.6 is 11.8 Å². The summed E-state index contributed by atoms with van der Waals surface area (Å²) in [5.41, 5.74) is 1.03. The maximum absolute atomic E-state index is 13.5. The molecule has 0 bridgehead atoms. The normalized spacial score (nSPS) is 14.2. The van der Waals surface area contributed by atoms with Crippen LogP contribution in [0.15, 0.2) is 23.4 Å². The zero-order valence-corrected chi connectivity index (χ0v) is 13.8. The molecule has 1 aromatic heterocycles. The number of carbonyl (C=O) groups excluding carboxylic acids is 1. The minimum Gasteiger partial charge on any atom is -0.325 e. The van der Waals surface area contributed by atoms with E-state index in [2.05, 4.69) is 20.1 Å². The fraction of sp³-hybridized carbons (Fsp3) is 0.438. The molecule has 0 atom stereocenters. The van der Waals surface area contributed by atoms with E-state index in [1.165, 1.54) is 24.2 Å². The van der Waals surface area contributed by atoms with Crippen molar-refractivity contribution in [1.29, 1.82) is 0 Å². The first-order chi connectivity index (χ1) is 11.1. The van der Waals surface area contributed by atoms with Gasteiger partial charge < -0.3 is 9.88 Å². The molecule has 1 aliphatic rings. The summed E-state index contributed by atoms with van der Waals surface area (Å²) < 4.78 is 15.6. The Hall–Kier alpha value is -1.89. The zero-order valence-electron chi connectivity index (χ0n) is 13.0. The molecule has 5 nitrogen and oxygen atoms in total. The van der Waals surface area contributed by atoms with Crippen molar-refractivity contribution in [2.24, 2.45) is 0 Å². The number of nitrogens with one attached hydrogen (secondary N) is 1. The lowest BCUT2D eigenvalue weighted by atomic mass is 10.2. The van der Waals surface area contributed by atoms with Crippen LogP contribution in [0.2, 0.25) is 0 Å². The minimum atomic E-state index is -0.321. The predicted molar refractivity (Wildman–Crippen MR) is 88.1 cm³/mol. The van der Waals surface area contributed by atoms with Crippen LogP contribution in [0.4, 0.5) is 10.1 Å². The van der Waals surface area contributed by atoms with E-state index in [0.29, 0.717) is 11.3 Å². The molecule has 7 heteroatoms. The van der Waals surface area contributed by atoms with E-state index in [4.69, 9.17) is 0 Å². The number of fused-ring (bicyclic) bond motifs is 1. The van der Waals surface area contributed by atoms with E-state index in [1.54, 1.807) is 19.1 Å². The molecule has 1 N–H and O–H groups in total. The van der Waals surface area contributed by atoms with Crippen LogP contribution < -0.4 is 5.32 Å². The molecule has 23 heavy (non-hydrogen) atoms. The zero-order chi connectivity index (χ0) is 16.2. The van der Waals surface area contributed by atoms with Crippen molar-refractivity contribution in [3.63, 3.8) is 0 Å². The smallest absolute Gasteiger partial charge is 0.234 e. The van der Waals surface area contributed by atoms with E-state index in [1.807, 2.05) is 0 Å². The summed E-state index contributed by atoms with van der Waals surface area (Å²) >= 11 is 1.37. The molecule has 0 saturated carbocycles. The fourth-order valence-electron chi connectivity index (χ4n) is 2.56. The molecule has 0 aliphatic carbocycles. The summed E-state index contributed by atoms with van der Waals surface area (Å²) in [6.07, 6.45) is 4.41. The van der Waals surface area contributed by atoms with Crippen LogP contribution in [0.3, 0.4) is 0 Å². The highest BCUT2D eigenvalue weighted by atomic mass is 32.2. The Balaban J connectivity index is 1.59. The first-order valence-electron chi connectivity index (χ1n) is 7.74. The highest BCUT2D eigenvalue weighted by molar-refractivity contribution is 7.99. The van der Waals surface area contributed by atoms with Gasteiger partial charge in [-0.25, -0.2) is 4.39 Å². The number of hydrogen-bond donors (Lipinski definition) is 1. The Morgan fingerprint density at radius 2 is 2.22 bits per heavy atom. The molecule has 0 fully saturated rings. The number of hydrogen-bond acceptors (Lipinski definition) is 4. The van der Waals surface area contributed by atoms with E-state index in [-0.39, 0.29) is 17.5 Å². The van der Waals surface area contributed by atoms with Crippen LogP contribution in [0.1, 0.15) is 30.7 Å². The largest absolute Gasteiger partial charge is 0.325 e. The summed E-state index contributed by atoms with van der Waals surface area (Å²) in [5.74, 6) is 0.738. The maximum Gasteiger partial charge on any atom is 0.234 e. The van der Waals surface area contributed by atoms with Gasteiger partial charge in [0.25, 0.3) is 0 Å². The van der Waals surface area contributed by atoms with Gasteiger partial charge in [-0.3, -0.25) is 4.79 Å². The second-order valence-electron chi connectivity index (χ2n) is 5.66. The van der Waals surface area contributed by atoms with Gasteiger partial charge in [0.1, 0.15) is 11.6 Å². The van der Waals surface area contributed by atoms with Gasteiger partial charge in [-0.2, -0.15) is 0 Å². The number of anilines is 1. The second-order valence-corrected chi connectivity index (χ2v) is 6.60. The predicted octanol–water partition coefficient (Wildman–Crippen LogP) is 3.18. The maximum atomic E-state index is 13.5. The number of benzene rings is 1. The van der Waals surface area contributed by atoms with E-state index >= 15 is 0 Å². The quantitative estimate of drug-likeness (QED) is 0.873. The van der Waals surface area contributed by atoms with E-state index in [0.717, 1.165) is 36.8 Å². The Kier molecular flexibility index (Phi) is 4.95. The molecular weight excluding hydrogens is 315 g/mol. The van der Waals surface area contributed by atoms with Crippen molar-refractivity contribution in [2.75, 3.05) is 11.1 Å². The molecule has 1 amide bonds. The lowest BCUT2D eigenvalue weighted by molar-refractivity contribution is -0.113. The van der Waals surface area contributed by atoms with Gasteiger partial charge in [0.15, 0.2) is 5.16 Å². The topological polar surface area (TPSA) is 59.8 Å². The van der Waals surface area contributed by atoms with Crippen molar-refractivity contribution in [3.05, 3.63) is 35.4 Å². The molecule has 3 rings (SSSR count). The third-order valence-corrected chi connectivity index (χ3v) is 4.83.